The van der Waals surface area contributed by atoms with E-state index in [1.165, 1.54) is 7.11 Å². The minimum absolute atomic E-state index is 0.367. The van der Waals surface area contributed by atoms with Gasteiger partial charge in [-0.15, -0.1) is 0 Å². The molecule has 5 nitrogen and oxygen atoms in total. The van der Waals surface area contributed by atoms with E-state index in [1.807, 2.05) is 18.2 Å². The van der Waals surface area contributed by atoms with Gasteiger partial charge in [0.15, 0.2) is 0 Å². The van der Waals surface area contributed by atoms with Gasteiger partial charge in [-0.05, 0) is 66.3 Å². The van der Waals surface area contributed by atoms with Crippen LogP contribution < -0.4 is 0 Å². The number of nitrogens with one attached hydrogen (secondary N) is 1. The van der Waals surface area contributed by atoms with Gasteiger partial charge in [-0.2, -0.15) is 0 Å². The number of aliphatic imine (C=N–C) groups is 1. The van der Waals surface area contributed by atoms with Crippen LogP contribution >= 0.6 is 0 Å². The monoisotopic (exact) mass is 417 g/mol. The number of aromatic nitrogens is 2. The number of ether oxygens (including phenoxy) is 1. The molecule has 4 rings (SSSR count). The van der Waals surface area contributed by atoms with Gasteiger partial charge in [-0.25, -0.2) is 9.79 Å². The first-order valence-corrected chi connectivity index (χ1v) is 9.53. The second-order valence-electron chi connectivity index (χ2n) is 6.76. The number of methoxy groups -OCH3 is 1. The second kappa shape index (κ2) is 8.83. The smallest absolute Gasteiger partial charge is 0.465 e. The summed E-state index contributed by atoms with van der Waals surface area (Å²) in [6, 6.07) is 13.8. The maximum atomic E-state index is 13.7. The predicted octanol–water partition coefficient (Wildman–Crippen LogP) is 5.11. The quantitative estimate of drug-likeness (QED) is 0.448. The molecule has 0 saturated carbocycles. The number of H-pyrrole nitrogens is 1. The van der Waals surface area contributed by atoms with Crippen LogP contribution in [0.4, 0.5) is 8.63 Å². The van der Waals surface area contributed by atoms with Gasteiger partial charge < -0.3 is 14.2 Å². The lowest BCUT2D eigenvalue weighted by Gasteiger charge is -2.07. The van der Waals surface area contributed by atoms with Crippen molar-refractivity contribution in [2.45, 2.75) is 0 Å². The number of hydrogen-bond acceptors (Lipinski definition) is 3. The summed E-state index contributed by atoms with van der Waals surface area (Å²) in [5, 5.41) is 0. The van der Waals surface area contributed by atoms with Gasteiger partial charge in [0.2, 0.25) is 0 Å². The maximum absolute atomic E-state index is 13.7. The van der Waals surface area contributed by atoms with Gasteiger partial charge >= 0.3 is 13.4 Å². The highest BCUT2D eigenvalue weighted by molar-refractivity contribution is 6.42. The minimum Gasteiger partial charge on any atom is -0.465 e. The topological polar surface area (TPSA) is 59.4 Å². The molecule has 0 unspecified atom stereocenters. The van der Waals surface area contributed by atoms with Gasteiger partial charge in [0.1, 0.15) is 0 Å². The van der Waals surface area contributed by atoms with Crippen LogP contribution in [0.5, 0.6) is 0 Å². The Hall–Kier alpha value is -3.94. The zero-order chi connectivity index (χ0) is 21.8. The highest BCUT2D eigenvalue weighted by Gasteiger charge is 2.24. The predicted molar refractivity (Wildman–Crippen MR) is 119 cm³/mol. The van der Waals surface area contributed by atoms with Crippen LogP contribution in [0.2, 0.25) is 0 Å². The molecule has 0 fully saturated rings. The van der Waals surface area contributed by atoms with Gasteiger partial charge in [0.25, 0.3) is 0 Å². The van der Waals surface area contributed by atoms with E-state index in [4.69, 9.17) is 0 Å². The third-order valence-corrected chi connectivity index (χ3v) is 4.78. The summed E-state index contributed by atoms with van der Waals surface area (Å²) in [6.45, 7) is 0. The van der Waals surface area contributed by atoms with E-state index in [1.54, 1.807) is 66.9 Å². The molecule has 2 aromatic heterocycles. The maximum Gasteiger partial charge on any atom is 0.678 e. The summed E-state index contributed by atoms with van der Waals surface area (Å²) in [6.07, 6.45) is 10.6. The molecule has 0 saturated heterocycles. The summed E-state index contributed by atoms with van der Waals surface area (Å²) in [5.41, 5.74) is 4.05. The third kappa shape index (κ3) is 4.48. The molecule has 154 valence electrons. The number of rotatable bonds is 6. The number of benzene rings is 1. The zero-order valence-electron chi connectivity index (χ0n) is 16.6. The molecule has 1 aromatic carbocycles. The molecule has 0 bridgehead atoms. The molecule has 3 aromatic rings. The van der Waals surface area contributed by atoms with E-state index in [2.05, 4.69) is 14.7 Å². The van der Waals surface area contributed by atoms with Crippen molar-refractivity contribution in [3.63, 3.8) is 0 Å². The lowest BCUT2D eigenvalue weighted by atomic mass is 10.1. The Labute approximate surface area is 178 Å². The van der Waals surface area contributed by atoms with Gasteiger partial charge in [0.05, 0.1) is 35.5 Å². The van der Waals surface area contributed by atoms with Crippen LogP contribution in [0.25, 0.3) is 23.5 Å². The summed E-state index contributed by atoms with van der Waals surface area (Å²) in [5.74, 6) is -0.388. The molecule has 1 N–H and O–H groups in total. The average molecular weight is 417 g/mol. The normalized spacial score (nSPS) is 14.4. The number of carbonyl (C=O) groups excluding carboxylic acids is 1. The molecule has 0 atom stereocenters. The number of halogens is 2. The van der Waals surface area contributed by atoms with Crippen LogP contribution in [-0.4, -0.2) is 35.7 Å². The first-order chi connectivity index (χ1) is 15.0. The molecule has 1 aliphatic heterocycles. The van der Waals surface area contributed by atoms with Crippen LogP contribution in [0.15, 0.2) is 83.6 Å². The molecule has 0 radical (unpaired) electrons. The first kappa shape index (κ1) is 20.3. The third-order valence-electron chi connectivity index (χ3n) is 4.78. The van der Waals surface area contributed by atoms with Crippen LogP contribution in [0.1, 0.15) is 21.6 Å². The van der Waals surface area contributed by atoms with Crippen molar-refractivity contribution < 1.29 is 18.2 Å². The minimum atomic E-state index is -2.68. The Kier molecular flexibility index (Phi) is 5.79. The van der Waals surface area contributed by atoms with Crippen molar-refractivity contribution in [1.29, 1.82) is 0 Å². The van der Waals surface area contributed by atoms with Crippen molar-refractivity contribution >= 4 is 31.2 Å². The van der Waals surface area contributed by atoms with Crippen molar-refractivity contribution in [1.82, 2.24) is 9.46 Å². The Bertz CT molecular complexity index is 1200. The molecular formula is C23H18BF2N3O2. The Morgan fingerprint density at radius 2 is 1.90 bits per heavy atom. The largest absolute Gasteiger partial charge is 0.678 e. The molecular weight excluding hydrogens is 399 g/mol. The Balaban J connectivity index is 1.53. The van der Waals surface area contributed by atoms with Gasteiger partial charge in [0, 0.05) is 11.9 Å². The Morgan fingerprint density at radius 3 is 2.58 bits per heavy atom. The van der Waals surface area contributed by atoms with Gasteiger partial charge in [-0.3, -0.25) is 8.63 Å². The second-order valence-corrected chi connectivity index (χ2v) is 6.76. The van der Waals surface area contributed by atoms with Crippen molar-refractivity contribution in [3.8, 4) is 11.4 Å². The number of nitrogens with zero attached hydrogens (tertiary/aromatic N) is 2. The zero-order valence-corrected chi connectivity index (χ0v) is 16.6. The van der Waals surface area contributed by atoms with Crippen molar-refractivity contribution in [2.24, 2.45) is 4.99 Å². The molecule has 1 aliphatic rings. The van der Waals surface area contributed by atoms with E-state index in [9.17, 15) is 13.4 Å². The highest BCUT2D eigenvalue weighted by atomic mass is 19.2. The lowest BCUT2D eigenvalue weighted by Crippen LogP contribution is -2.15. The van der Waals surface area contributed by atoms with E-state index < -0.39 is 7.40 Å². The summed E-state index contributed by atoms with van der Waals surface area (Å²) < 4.78 is 33.1. The molecule has 3 heterocycles. The van der Waals surface area contributed by atoms with E-state index in [-0.39, 0.29) is 5.97 Å². The number of allylic oxidation sites excluding steroid dienone is 3. The number of esters is 1. The fraction of sp³-hybridized carbons (Fsp3) is 0.0435. The number of carbonyl (C=O) groups is 1. The summed E-state index contributed by atoms with van der Waals surface area (Å²) in [7, 11) is -1.34. The standard InChI is InChI=1S/C23H18BF2N3O2/c1-31-23(30)17-7-4-16(5-8-17)6-9-18-10-11-19(28-18)15-20-12-13-22(29(20)24(25)26)21-3-2-14-27-21/h2-15,27H,1H3/b9-6+,19-15-. The molecule has 0 spiro atoms. The van der Waals surface area contributed by atoms with E-state index in [0.717, 1.165) is 10.0 Å². The van der Waals surface area contributed by atoms with Crippen molar-refractivity contribution in [2.75, 3.05) is 7.11 Å². The first-order valence-electron chi connectivity index (χ1n) is 9.53. The SMILES string of the molecule is COC(=O)c1ccc(/C=C/C2=NC(=C\c3ccc(-c4ccc[nH]4)n3B(F)F)/C=C2)cc1. The van der Waals surface area contributed by atoms with Crippen LogP contribution in [-0.2, 0) is 4.74 Å². The average Bonchev–Trinajstić information content (AvgIpc) is 3.53. The summed E-state index contributed by atoms with van der Waals surface area (Å²) in [4.78, 5) is 18.9. The highest BCUT2D eigenvalue weighted by Crippen LogP contribution is 2.25. The molecule has 31 heavy (non-hydrogen) atoms. The van der Waals surface area contributed by atoms with Crippen molar-refractivity contribution in [3.05, 3.63) is 95.5 Å². The summed E-state index contributed by atoms with van der Waals surface area (Å²) >= 11 is 0. The number of aromatic amines is 1. The fourth-order valence-corrected chi connectivity index (χ4v) is 3.26. The lowest BCUT2D eigenvalue weighted by molar-refractivity contribution is 0.0600. The molecule has 0 amide bonds. The van der Waals surface area contributed by atoms with Gasteiger partial charge in [-0.1, -0.05) is 18.2 Å². The Morgan fingerprint density at radius 1 is 1.10 bits per heavy atom. The van der Waals surface area contributed by atoms with E-state index in [0.29, 0.717) is 34.1 Å². The fourth-order valence-electron chi connectivity index (χ4n) is 3.26. The van der Waals surface area contributed by atoms with Crippen LogP contribution in [0, 0.1) is 0 Å². The molecule has 8 heteroatoms. The molecule has 0 aliphatic carbocycles. The number of hydrogen-bond donors (Lipinski definition) is 1. The van der Waals surface area contributed by atoms with E-state index >= 15 is 0 Å². The van der Waals surface area contributed by atoms with Crippen LogP contribution in [0.3, 0.4) is 0 Å².